The van der Waals surface area contributed by atoms with Gasteiger partial charge in [-0.25, -0.2) is 0 Å². The number of nitrogens with zero attached hydrogens (tertiary/aromatic N) is 2. The van der Waals surface area contributed by atoms with Crippen LogP contribution in [0.3, 0.4) is 0 Å². The number of thiophene rings is 1. The van der Waals surface area contributed by atoms with Crippen LogP contribution < -0.4 is 5.56 Å². The zero-order valence-electron chi connectivity index (χ0n) is 16.3. The van der Waals surface area contributed by atoms with Crippen LogP contribution in [0.15, 0.2) is 70.1 Å². The fourth-order valence-corrected chi connectivity index (χ4v) is 6.16. The number of piperidine rings is 1. The molecule has 0 saturated carbocycles. The Labute approximate surface area is 177 Å². The van der Waals surface area contributed by atoms with Crippen molar-refractivity contribution in [1.82, 2.24) is 9.47 Å². The molecule has 3 aromatic heterocycles. The molecule has 6 heteroatoms. The second kappa shape index (κ2) is 6.71. The minimum Gasteiger partial charge on any atom is -0.459 e. The summed E-state index contributed by atoms with van der Waals surface area (Å²) in [5.74, 6) is 0.742. The van der Waals surface area contributed by atoms with E-state index >= 15 is 0 Å². The molecule has 5 nitrogen and oxygen atoms in total. The second-order valence-corrected chi connectivity index (χ2v) is 9.30. The van der Waals surface area contributed by atoms with Crippen LogP contribution in [-0.4, -0.2) is 28.5 Å². The van der Waals surface area contributed by atoms with Gasteiger partial charge in [0, 0.05) is 52.5 Å². The standard InChI is InChI=1S/C24H20N2O3S/c27-22-8-7-18(21-11-16-4-1-2-6-20(16)30-21)23-17-10-15(13-26(22)23)12-25(14-17)24(28)19-5-3-9-29-19/h1-9,11,15,17H,10,12-14H2/t15-,17+/m0/s1. The van der Waals surface area contributed by atoms with Crippen molar-refractivity contribution in [2.75, 3.05) is 13.1 Å². The average Bonchev–Trinajstić information content (AvgIpc) is 3.43. The van der Waals surface area contributed by atoms with Crippen molar-refractivity contribution in [3.05, 3.63) is 82.7 Å². The molecule has 2 aliphatic rings. The number of fused-ring (bicyclic) bond motifs is 5. The van der Waals surface area contributed by atoms with Crippen molar-refractivity contribution in [2.45, 2.75) is 18.9 Å². The molecule has 1 saturated heterocycles. The number of pyridine rings is 1. The average molecular weight is 417 g/mol. The van der Waals surface area contributed by atoms with Gasteiger partial charge in [-0.15, -0.1) is 11.3 Å². The third kappa shape index (κ3) is 2.75. The van der Waals surface area contributed by atoms with E-state index in [1.54, 1.807) is 29.5 Å². The number of amides is 1. The fourth-order valence-electron chi connectivity index (χ4n) is 5.06. The van der Waals surface area contributed by atoms with Gasteiger partial charge in [0.2, 0.25) is 0 Å². The summed E-state index contributed by atoms with van der Waals surface area (Å²) in [4.78, 5) is 28.7. The molecule has 30 heavy (non-hydrogen) atoms. The van der Waals surface area contributed by atoms with E-state index in [4.69, 9.17) is 4.42 Å². The summed E-state index contributed by atoms with van der Waals surface area (Å²) in [6.07, 6.45) is 2.54. The van der Waals surface area contributed by atoms with Gasteiger partial charge in [-0.2, -0.15) is 0 Å². The van der Waals surface area contributed by atoms with Gasteiger partial charge in [0.05, 0.1) is 6.26 Å². The van der Waals surface area contributed by atoms with Gasteiger partial charge < -0.3 is 13.9 Å². The number of likely N-dealkylation sites (tertiary alicyclic amines) is 1. The highest BCUT2D eigenvalue weighted by Crippen LogP contribution is 2.42. The van der Waals surface area contributed by atoms with Crippen LogP contribution in [0.4, 0.5) is 0 Å². The fraction of sp³-hybridized carbons (Fsp3) is 0.250. The predicted molar refractivity (Wildman–Crippen MR) is 117 cm³/mol. The first kappa shape index (κ1) is 17.7. The Morgan fingerprint density at radius 3 is 2.77 bits per heavy atom. The molecule has 0 aliphatic carbocycles. The second-order valence-electron chi connectivity index (χ2n) is 8.22. The van der Waals surface area contributed by atoms with E-state index in [1.165, 1.54) is 21.2 Å². The molecule has 4 aromatic rings. The molecule has 2 aliphatic heterocycles. The minimum absolute atomic E-state index is 0.0513. The van der Waals surface area contributed by atoms with Crippen molar-refractivity contribution in [2.24, 2.45) is 5.92 Å². The Bertz CT molecular complexity index is 1280. The van der Waals surface area contributed by atoms with E-state index in [-0.39, 0.29) is 23.3 Å². The Morgan fingerprint density at radius 2 is 1.93 bits per heavy atom. The molecule has 1 amide bonds. The van der Waals surface area contributed by atoms with Crippen molar-refractivity contribution < 1.29 is 9.21 Å². The number of benzene rings is 1. The monoisotopic (exact) mass is 416 g/mol. The van der Waals surface area contributed by atoms with Crippen LogP contribution in [0.5, 0.6) is 0 Å². The summed E-state index contributed by atoms with van der Waals surface area (Å²) in [6.45, 7) is 1.93. The van der Waals surface area contributed by atoms with E-state index in [0.29, 0.717) is 25.4 Å². The van der Waals surface area contributed by atoms with Gasteiger partial charge in [0.1, 0.15) is 0 Å². The smallest absolute Gasteiger partial charge is 0.289 e. The number of furan rings is 1. The number of hydrogen-bond acceptors (Lipinski definition) is 4. The lowest BCUT2D eigenvalue weighted by Gasteiger charge is -2.43. The summed E-state index contributed by atoms with van der Waals surface area (Å²) in [5.41, 5.74) is 2.24. The molecule has 6 rings (SSSR count). The number of carbonyl (C=O) groups is 1. The highest BCUT2D eigenvalue weighted by molar-refractivity contribution is 7.22. The molecule has 2 atom stereocenters. The summed E-state index contributed by atoms with van der Waals surface area (Å²) in [5, 5.41) is 1.22. The summed E-state index contributed by atoms with van der Waals surface area (Å²) >= 11 is 1.75. The molecule has 2 bridgehead atoms. The first-order valence-corrected chi connectivity index (χ1v) is 11.0. The van der Waals surface area contributed by atoms with Crippen LogP contribution in [0.1, 0.15) is 28.6 Å². The summed E-state index contributed by atoms with van der Waals surface area (Å²) in [6, 6.07) is 17.7. The maximum absolute atomic E-state index is 12.9. The van der Waals surface area contributed by atoms with Crippen molar-refractivity contribution in [1.29, 1.82) is 0 Å². The Kier molecular flexibility index (Phi) is 3.96. The molecule has 0 radical (unpaired) electrons. The molecule has 0 spiro atoms. The zero-order chi connectivity index (χ0) is 20.2. The summed E-state index contributed by atoms with van der Waals surface area (Å²) < 4.78 is 8.53. The van der Waals surface area contributed by atoms with E-state index in [2.05, 4.69) is 24.3 Å². The van der Waals surface area contributed by atoms with Crippen molar-refractivity contribution in [3.8, 4) is 10.4 Å². The molecular formula is C24H20N2O3S. The molecule has 1 aromatic carbocycles. The predicted octanol–water partition coefficient (Wildman–Crippen LogP) is 4.58. The first-order chi connectivity index (χ1) is 14.7. The van der Waals surface area contributed by atoms with Crippen LogP contribution in [-0.2, 0) is 6.54 Å². The van der Waals surface area contributed by atoms with Gasteiger partial charge in [-0.1, -0.05) is 18.2 Å². The van der Waals surface area contributed by atoms with E-state index in [1.807, 2.05) is 21.6 Å². The number of aromatic nitrogens is 1. The van der Waals surface area contributed by atoms with E-state index < -0.39 is 0 Å². The Balaban J connectivity index is 1.44. The van der Waals surface area contributed by atoms with Crippen molar-refractivity contribution >= 4 is 27.3 Å². The third-order valence-electron chi connectivity index (χ3n) is 6.30. The van der Waals surface area contributed by atoms with Crippen molar-refractivity contribution in [3.63, 3.8) is 0 Å². The van der Waals surface area contributed by atoms with Gasteiger partial charge in [-0.3, -0.25) is 9.59 Å². The van der Waals surface area contributed by atoms with Crippen LogP contribution >= 0.6 is 11.3 Å². The quantitative estimate of drug-likeness (QED) is 0.481. The topological polar surface area (TPSA) is 55.5 Å². The molecular weight excluding hydrogens is 396 g/mol. The number of carbonyl (C=O) groups excluding carboxylic acids is 1. The van der Waals surface area contributed by atoms with E-state index in [9.17, 15) is 9.59 Å². The van der Waals surface area contributed by atoms with Gasteiger partial charge in [0.15, 0.2) is 5.76 Å². The normalized spacial score (nSPS) is 20.3. The van der Waals surface area contributed by atoms with Gasteiger partial charge >= 0.3 is 0 Å². The molecule has 150 valence electrons. The lowest BCUT2D eigenvalue weighted by molar-refractivity contribution is 0.0564. The third-order valence-corrected chi connectivity index (χ3v) is 7.45. The Hall–Kier alpha value is -3.12. The van der Waals surface area contributed by atoms with Crippen LogP contribution in [0, 0.1) is 5.92 Å². The number of hydrogen-bond donors (Lipinski definition) is 0. The summed E-state index contributed by atoms with van der Waals surface area (Å²) in [7, 11) is 0. The lowest BCUT2D eigenvalue weighted by atomic mass is 9.81. The van der Waals surface area contributed by atoms with E-state index in [0.717, 1.165) is 17.7 Å². The zero-order valence-corrected chi connectivity index (χ0v) is 17.1. The van der Waals surface area contributed by atoms with Crippen LogP contribution in [0.25, 0.3) is 20.5 Å². The SMILES string of the molecule is O=C(c1ccco1)N1C[C@@H]2C[C@H](C1)c1c(-c3cc4ccccc4s3)ccc(=O)n1C2. The van der Waals surface area contributed by atoms with Gasteiger partial charge in [0.25, 0.3) is 11.5 Å². The maximum Gasteiger partial charge on any atom is 0.289 e. The lowest BCUT2D eigenvalue weighted by Crippen LogP contribution is -2.49. The molecule has 1 fully saturated rings. The molecule has 5 heterocycles. The molecule has 0 unspecified atom stereocenters. The first-order valence-electron chi connectivity index (χ1n) is 10.2. The maximum atomic E-state index is 12.9. The molecule has 0 N–H and O–H groups in total. The highest BCUT2D eigenvalue weighted by Gasteiger charge is 2.38. The van der Waals surface area contributed by atoms with Crippen LogP contribution in [0.2, 0.25) is 0 Å². The van der Waals surface area contributed by atoms with Gasteiger partial charge in [-0.05, 0) is 48.1 Å². The Morgan fingerprint density at radius 1 is 1.03 bits per heavy atom. The minimum atomic E-state index is -0.0650. The number of rotatable bonds is 2. The largest absolute Gasteiger partial charge is 0.459 e. The highest BCUT2D eigenvalue weighted by atomic mass is 32.1.